The summed E-state index contributed by atoms with van der Waals surface area (Å²) in [6.45, 7) is 4.20. The Morgan fingerprint density at radius 3 is 2.55 bits per heavy atom. The number of halogens is 3. The second-order valence-corrected chi connectivity index (χ2v) is 6.60. The molecule has 0 aromatic heterocycles. The third-order valence-electron chi connectivity index (χ3n) is 4.12. The van der Waals surface area contributed by atoms with Gasteiger partial charge in [0.25, 0.3) is 0 Å². The number of benzene rings is 1. The highest BCUT2D eigenvalue weighted by molar-refractivity contribution is 9.10. The molecule has 2 nitrogen and oxygen atoms in total. The van der Waals surface area contributed by atoms with Crippen molar-refractivity contribution in [3.8, 4) is 0 Å². The highest BCUT2D eigenvalue weighted by Crippen LogP contribution is 2.40. The highest BCUT2D eigenvalue weighted by Gasteiger charge is 2.30. The van der Waals surface area contributed by atoms with E-state index in [1.807, 2.05) is 0 Å². The van der Waals surface area contributed by atoms with Crippen molar-refractivity contribution < 1.29 is 4.39 Å². The first-order valence-electron chi connectivity index (χ1n) is 7.13. The lowest BCUT2D eigenvalue weighted by Gasteiger charge is -2.35. The Kier molecular flexibility index (Phi) is 5.84. The van der Waals surface area contributed by atoms with Gasteiger partial charge in [-0.3, -0.25) is 4.90 Å². The van der Waals surface area contributed by atoms with Gasteiger partial charge in [-0.15, -0.1) is 12.4 Å². The molecule has 1 heterocycles. The topological polar surface area (TPSA) is 15.3 Å². The zero-order chi connectivity index (χ0) is 13.2. The number of hydrogen-bond acceptors (Lipinski definition) is 2. The monoisotopic (exact) mass is 362 g/mol. The Morgan fingerprint density at radius 1 is 1.25 bits per heavy atom. The van der Waals surface area contributed by atoms with Gasteiger partial charge in [0, 0.05) is 36.7 Å². The number of rotatable bonds is 4. The van der Waals surface area contributed by atoms with Crippen molar-refractivity contribution in [2.75, 3.05) is 26.2 Å². The summed E-state index contributed by atoms with van der Waals surface area (Å²) in [5.74, 6) is 0.710. The maximum absolute atomic E-state index is 13.6. The Balaban J connectivity index is 0.00000147. The SMILES string of the molecule is Cl.Fc1cc(Br)cc([C@@H](CC2CC2)N2CCNCC2)c1. The molecule has 1 aliphatic heterocycles. The maximum Gasteiger partial charge on any atom is 0.124 e. The summed E-state index contributed by atoms with van der Waals surface area (Å²) in [4.78, 5) is 2.51. The summed E-state index contributed by atoms with van der Waals surface area (Å²) in [5, 5.41) is 3.39. The molecular formula is C15H21BrClFN2. The van der Waals surface area contributed by atoms with E-state index in [9.17, 15) is 4.39 Å². The second-order valence-electron chi connectivity index (χ2n) is 5.68. The van der Waals surface area contributed by atoms with Crippen LogP contribution in [0.2, 0.25) is 0 Å². The average molecular weight is 364 g/mol. The fourth-order valence-corrected chi connectivity index (χ4v) is 3.41. The zero-order valence-electron chi connectivity index (χ0n) is 11.4. The number of nitrogens with zero attached hydrogens (tertiary/aromatic N) is 1. The minimum atomic E-state index is -0.139. The molecular weight excluding hydrogens is 343 g/mol. The number of piperazine rings is 1. The van der Waals surface area contributed by atoms with E-state index in [-0.39, 0.29) is 18.2 Å². The summed E-state index contributed by atoms with van der Waals surface area (Å²) in [7, 11) is 0. The van der Waals surface area contributed by atoms with Crippen LogP contribution >= 0.6 is 28.3 Å². The Morgan fingerprint density at radius 2 is 1.95 bits per heavy atom. The number of hydrogen-bond donors (Lipinski definition) is 1. The Labute approximate surface area is 134 Å². The third kappa shape index (κ3) is 4.17. The lowest BCUT2D eigenvalue weighted by Crippen LogP contribution is -2.45. The van der Waals surface area contributed by atoms with Crippen LogP contribution in [0.4, 0.5) is 4.39 Å². The first-order chi connectivity index (χ1) is 9.22. The Hall–Kier alpha value is -0.160. The molecule has 0 spiro atoms. The van der Waals surface area contributed by atoms with Gasteiger partial charge in [-0.1, -0.05) is 28.8 Å². The van der Waals surface area contributed by atoms with E-state index in [0.717, 1.165) is 42.1 Å². The molecule has 1 saturated heterocycles. The van der Waals surface area contributed by atoms with Crippen LogP contribution in [0.25, 0.3) is 0 Å². The minimum Gasteiger partial charge on any atom is -0.314 e. The van der Waals surface area contributed by atoms with E-state index in [1.54, 1.807) is 6.07 Å². The van der Waals surface area contributed by atoms with Gasteiger partial charge in [0.15, 0.2) is 0 Å². The molecule has 2 fully saturated rings. The van der Waals surface area contributed by atoms with E-state index < -0.39 is 0 Å². The van der Waals surface area contributed by atoms with Crippen LogP contribution in [-0.2, 0) is 0 Å². The van der Waals surface area contributed by atoms with Crippen LogP contribution in [0, 0.1) is 11.7 Å². The molecule has 1 aromatic carbocycles. The smallest absolute Gasteiger partial charge is 0.124 e. The molecule has 20 heavy (non-hydrogen) atoms. The first-order valence-corrected chi connectivity index (χ1v) is 7.92. The first kappa shape index (κ1) is 16.2. The van der Waals surface area contributed by atoms with Gasteiger partial charge in [-0.05, 0) is 36.1 Å². The Bertz CT molecular complexity index is 427. The molecule has 1 N–H and O–H groups in total. The van der Waals surface area contributed by atoms with Gasteiger partial charge >= 0.3 is 0 Å². The van der Waals surface area contributed by atoms with Gasteiger partial charge < -0.3 is 5.32 Å². The zero-order valence-corrected chi connectivity index (χ0v) is 13.9. The molecule has 112 valence electrons. The van der Waals surface area contributed by atoms with Gasteiger partial charge in [0.05, 0.1) is 0 Å². The van der Waals surface area contributed by atoms with Gasteiger partial charge in [0.1, 0.15) is 5.82 Å². The van der Waals surface area contributed by atoms with E-state index in [1.165, 1.54) is 25.3 Å². The van der Waals surface area contributed by atoms with Crippen molar-refractivity contribution >= 4 is 28.3 Å². The second kappa shape index (κ2) is 7.21. The van der Waals surface area contributed by atoms with Crippen molar-refractivity contribution in [1.82, 2.24) is 10.2 Å². The fourth-order valence-electron chi connectivity index (χ4n) is 2.93. The molecule has 5 heteroatoms. The van der Waals surface area contributed by atoms with E-state index in [4.69, 9.17) is 0 Å². The highest BCUT2D eigenvalue weighted by atomic mass is 79.9. The summed E-state index contributed by atoms with van der Waals surface area (Å²) < 4.78 is 14.5. The predicted molar refractivity (Wildman–Crippen MR) is 85.9 cm³/mol. The summed E-state index contributed by atoms with van der Waals surface area (Å²) in [6.07, 6.45) is 3.87. The van der Waals surface area contributed by atoms with Crippen molar-refractivity contribution in [3.63, 3.8) is 0 Å². The van der Waals surface area contributed by atoms with Crippen LogP contribution in [-0.4, -0.2) is 31.1 Å². The minimum absolute atomic E-state index is 0. The van der Waals surface area contributed by atoms with Crippen molar-refractivity contribution in [2.45, 2.75) is 25.3 Å². The number of nitrogens with one attached hydrogen (secondary N) is 1. The van der Waals surface area contributed by atoms with Gasteiger partial charge in [-0.2, -0.15) is 0 Å². The molecule has 0 unspecified atom stereocenters. The maximum atomic E-state index is 13.6. The molecule has 3 rings (SSSR count). The quantitative estimate of drug-likeness (QED) is 0.876. The van der Waals surface area contributed by atoms with Gasteiger partial charge in [-0.25, -0.2) is 4.39 Å². The lowest BCUT2D eigenvalue weighted by molar-refractivity contribution is 0.160. The molecule has 0 radical (unpaired) electrons. The molecule has 1 aliphatic carbocycles. The van der Waals surface area contributed by atoms with Crippen LogP contribution in [0.3, 0.4) is 0 Å². The fraction of sp³-hybridized carbons (Fsp3) is 0.600. The molecule has 0 bridgehead atoms. The summed E-state index contributed by atoms with van der Waals surface area (Å²) >= 11 is 3.42. The van der Waals surface area contributed by atoms with Crippen molar-refractivity contribution in [2.24, 2.45) is 5.92 Å². The molecule has 1 aromatic rings. The molecule has 1 atom stereocenters. The van der Waals surface area contributed by atoms with E-state index in [0.29, 0.717) is 6.04 Å². The van der Waals surface area contributed by atoms with Crippen LogP contribution in [0.5, 0.6) is 0 Å². The largest absolute Gasteiger partial charge is 0.314 e. The van der Waals surface area contributed by atoms with E-state index in [2.05, 4.69) is 32.2 Å². The molecule has 2 aliphatic rings. The van der Waals surface area contributed by atoms with Crippen LogP contribution in [0.15, 0.2) is 22.7 Å². The molecule has 0 amide bonds. The van der Waals surface area contributed by atoms with Gasteiger partial charge in [0.2, 0.25) is 0 Å². The van der Waals surface area contributed by atoms with Crippen LogP contribution in [0.1, 0.15) is 30.9 Å². The van der Waals surface area contributed by atoms with Crippen molar-refractivity contribution in [1.29, 1.82) is 0 Å². The molecule has 1 saturated carbocycles. The summed E-state index contributed by atoms with van der Waals surface area (Å²) in [5.41, 5.74) is 1.13. The normalized spacial score (nSPS) is 21.3. The van der Waals surface area contributed by atoms with Crippen LogP contribution < -0.4 is 5.32 Å². The standard InChI is InChI=1S/C15H20BrFN2.ClH/c16-13-8-12(9-14(17)10-13)15(7-11-1-2-11)19-5-3-18-4-6-19;/h8-11,15,18H,1-7H2;1H/t15-;/m1./s1. The lowest BCUT2D eigenvalue weighted by atomic mass is 9.98. The van der Waals surface area contributed by atoms with Crippen molar-refractivity contribution in [3.05, 3.63) is 34.1 Å². The predicted octanol–water partition coefficient (Wildman–Crippen LogP) is 3.76. The summed E-state index contributed by atoms with van der Waals surface area (Å²) in [6, 6.07) is 5.70. The average Bonchev–Trinajstić information content (AvgIpc) is 3.20. The van der Waals surface area contributed by atoms with E-state index >= 15 is 0 Å². The third-order valence-corrected chi connectivity index (χ3v) is 4.57.